The number of methoxy groups -OCH3 is 2. The monoisotopic (exact) mass is 301 g/mol. The summed E-state index contributed by atoms with van der Waals surface area (Å²) in [6, 6.07) is 5.22. The molecule has 0 saturated carbocycles. The number of aromatic hydroxyl groups is 1. The van der Waals surface area contributed by atoms with Crippen LogP contribution < -0.4 is 0 Å². The molecule has 1 unspecified atom stereocenters. The van der Waals surface area contributed by atoms with E-state index < -0.39 is 0 Å². The molecular weight excluding hydrogens is 278 g/mol. The van der Waals surface area contributed by atoms with Gasteiger partial charge in [-0.25, -0.2) is 0 Å². The van der Waals surface area contributed by atoms with Crippen molar-refractivity contribution in [3.63, 3.8) is 0 Å². The Morgan fingerprint density at radius 2 is 1.90 bits per heavy atom. The highest BCUT2D eigenvalue weighted by molar-refractivity contribution is 6.30. The van der Waals surface area contributed by atoms with E-state index in [4.69, 9.17) is 21.1 Å². The smallest absolute Gasteiger partial charge is 0.120 e. The molecule has 0 bridgehead atoms. The summed E-state index contributed by atoms with van der Waals surface area (Å²) < 4.78 is 10.3. The van der Waals surface area contributed by atoms with Crippen molar-refractivity contribution < 1.29 is 14.6 Å². The fourth-order valence-electron chi connectivity index (χ4n) is 2.18. The Kier molecular flexibility index (Phi) is 7.92. The standard InChI is InChI=1S/C15H24ClNO3/c1-12(14-11-13(16)5-6-15(14)18)17(8-10-20-3)7-4-9-19-2/h5-6,11-12,18H,4,7-10H2,1-3H3. The predicted octanol–water partition coefficient (Wildman–Crippen LogP) is 3.09. The fourth-order valence-corrected chi connectivity index (χ4v) is 2.36. The molecule has 1 aromatic carbocycles. The van der Waals surface area contributed by atoms with Gasteiger partial charge in [0, 0.05) is 50.5 Å². The van der Waals surface area contributed by atoms with E-state index in [1.54, 1.807) is 26.4 Å². The van der Waals surface area contributed by atoms with Gasteiger partial charge in [0.1, 0.15) is 5.75 Å². The molecule has 1 aromatic rings. The number of halogens is 1. The van der Waals surface area contributed by atoms with Crippen LogP contribution in [0.5, 0.6) is 5.75 Å². The Labute approximate surface area is 126 Å². The minimum absolute atomic E-state index is 0.0701. The molecule has 1 rings (SSSR count). The number of phenolic OH excluding ortho intramolecular Hbond substituents is 1. The molecule has 0 amide bonds. The van der Waals surface area contributed by atoms with Crippen LogP contribution in [0.2, 0.25) is 5.02 Å². The predicted molar refractivity (Wildman–Crippen MR) is 81.5 cm³/mol. The zero-order valence-electron chi connectivity index (χ0n) is 12.4. The van der Waals surface area contributed by atoms with Gasteiger partial charge < -0.3 is 14.6 Å². The summed E-state index contributed by atoms with van der Waals surface area (Å²) in [5.41, 5.74) is 0.839. The highest BCUT2D eigenvalue weighted by atomic mass is 35.5. The second-order valence-corrected chi connectivity index (χ2v) is 5.19. The van der Waals surface area contributed by atoms with Crippen LogP contribution in [0.3, 0.4) is 0 Å². The van der Waals surface area contributed by atoms with Crippen LogP contribution in [0.1, 0.15) is 24.9 Å². The maximum Gasteiger partial charge on any atom is 0.120 e. The second-order valence-electron chi connectivity index (χ2n) is 4.75. The molecule has 0 fully saturated rings. The molecule has 0 spiro atoms. The number of ether oxygens (including phenoxy) is 2. The molecule has 1 N–H and O–H groups in total. The first kappa shape index (κ1) is 17.2. The van der Waals surface area contributed by atoms with Crippen LogP contribution in [-0.2, 0) is 9.47 Å². The average Bonchev–Trinajstić information content (AvgIpc) is 2.44. The summed E-state index contributed by atoms with van der Waals surface area (Å²) in [7, 11) is 3.39. The Balaban J connectivity index is 2.78. The van der Waals surface area contributed by atoms with Crippen LogP contribution in [0.15, 0.2) is 18.2 Å². The summed E-state index contributed by atoms with van der Waals surface area (Å²) in [5.74, 6) is 0.274. The van der Waals surface area contributed by atoms with Gasteiger partial charge in [0.15, 0.2) is 0 Å². The molecule has 20 heavy (non-hydrogen) atoms. The van der Waals surface area contributed by atoms with E-state index in [-0.39, 0.29) is 11.8 Å². The SMILES string of the molecule is COCCCN(CCOC)C(C)c1cc(Cl)ccc1O. The molecule has 0 heterocycles. The number of nitrogens with zero attached hydrogens (tertiary/aromatic N) is 1. The number of benzene rings is 1. The van der Waals surface area contributed by atoms with Crippen molar-refractivity contribution in [1.29, 1.82) is 0 Å². The summed E-state index contributed by atoms with van der Waals surface area (Å²) in [4.78, 5) is 2.26. The van der Waals surface area contributed by atoms with Gasteiger partial charge in [-0.3, -0.25) is 4.90 Å². The van der Waals surface area contributed by atoms with E-state index in [0.29, 0.717) is 11.6 Å². The van der Waals surface area contributed by atoms with E-state index in [1.165, 1.54) is 0 Å². The van der Waals surface area contributed by atoms with Crippen LogP contribution >= 0.6 is 11.6 Å². The largest absolute Gasteiger partial charge is 0.508 e. The average molecular weight is 302 g/mol. The lowest BCUT2D eigenvalue weighted by Gasteiger charge is -2.29. The third-order valence-electron chi connectivity index (χ3n) is 3.36. The molecule has 0 aliphatic heterocycles. The lowest BCUT2D eigenvalue weighted by Crippen LogP contribution is -2.32. The lowest BCUT2D eigenvalue weighted by molar-refractivity contribution is 0.110. The van der Waals surface area contributed by atoms with Gasteiger partial charge in [-0.1, -0.05) is 11.6 Å². The highest BCUT2D eigenvalue weighted by Crippen LogP contribution is 2.30. The zero-order valence-corrected chi connectivity index (χ0v) is 13.2. The van der Waals surface area contributed by atoms with Gasteiger partial charge in [0.05, 0.1) is 6.61 Å². The molecule has 114 valence electrons. The first-order chi connectivity index (χ1) is 9.60. The molecule has 0 radical (unpaired) electrons. The van der Waals surface area contributed by atoms with Gasteiger partial charge in [-0.2, -0.15) is 0 Å². The lowest BCUT2D eigenvalue weighted by atomic mass is 10.1. The molecule has 0 saturated heterocycles. The Hall–Kier alpha value is -0.810. The molecule has 0 aliphatic rings. The van der Waals surface area contributed by atoms with E-state index >= 15 is 0 Å². The number of rotatable bonds is 9. The van der Waals surface area contributed by atoms with Crippen molar-refractivity contribution in [3.05, 3.63) is 28.8 Å². The Morgan fingerprint density at radius 1 is 1.20 bits per heavy atom. The third-order valence-corrected chi connectivity index (χ3v) is 3.60. The minimum Gasteiger partial charge on any atom is -0.508 e. The first-order valence-corrected chi connectivity index (χ1v) is 7.18. The van der Waals surface area contributed by atoms with Crippen molar-refractivity contribution in [1.82, 2.24) is 4.90 Å². The maximum absolute atomic E-state index is 10.0. The highest BCUT2D eigenvalue weighted by Gasteiger charge is 2.18. The maximum atomic E-state index is 10.0. The second kappa shape index (κ2) is 9.19. The zero-order chi connectivity index (χ0) is 15.0. The van der Waals surface area contributed by atoms with Gasteiger partial charge in [0.25, 0.3) is 0 Å². The number of hydrogen-bond acceptors (Lipinski definition) is 4. The van der Waals surface area contributed by atoms with E-state index in [9.17, 15) is 5.11 Å². The normalized spacial score (nSPS) is 12.8. The summed E-state index contributed by atoms with van der Waals surface area (Å²) in [6.45, 7) is 5.11. The van der Waals surface area contributed by atoms with Gasteiger partial charge in [-0.15, -0.1) is 0 Å². The van der Waals surface area contributed by atoms with Crippen LogP contribution in [-0.4, -0.2) is 50.5 Å². The number of phenols is 1. The van der Waals surface area contributed by atoms with Crippen molar-refractivity contribution >= 4 is 11.6 Å². The van der Waals surface area contributed by atoms with Crippen LogP contribution in [0.25, 0.3) is 0 Å². The molecule has 1 atom stereocenters. The van der Waals surface area contributed by atoms with Gasteiger partial charge in [0.2, 0.25) is 0 Å². The van der Waals surface area contributed by atoms with E-state index in [1.807, 2.05) is 6.07 Å². The third kappa shape index (κ3) is 5.29. The summed E-state index contributed by atoms with van der Waals surface area (Å²) >= 11 is 6.02. The first-order valence-electron chi connectivity index (χ1n) is 6.80. The van der Waals surface area contributed by atoms with Crippen LogP contribution in [0, 0.1) is 0 Å². The Bertz CT molecular complexity index is 401. The van der Waals surface area contributed by atoms with Crippen molar-refractivity contribution in [2.75, 3.05) is 40.5 Å². The minimum atomic E-state index is 0.0701. The van der Waals surface area contributed by atoms with Gasteiger partial charge in [-0.05, 0) is 31.5 Å². The van der Waals surface area contributed by atoms with Crippen molar-refractivity contribution in [2.45, 2.75) is 19.4 Å². The van der Waals surface area contributed by atoms with Crippen molar-refractivity contribution in [2.24, 2.45) is 0 Å². The van der Waals surface area contributed by atoms with E-state index in [2.05, 4.69) is 11.8 Å². The summed E-state index contributed by atoms with van der Waals surface area (Å²) in [6.07, 6.45) is 0.936. The molecule has 0 aliphatic carbocycles. The topological polar surface area (TPSA) is 41.9 Å². The van der Waals surface area contributed by atoms with Gasteiger partial charge >= 0.3 is 0 Å². The Morgan fingerprint density at radius 3 is 2.55 bits per heavy atom. The molecule has 5 heteroatoms. The fraction of sp³-hybridized carbons (Fsp3) is 0.600. The molecular formula is C15H24ClNO3. The molecule has 4 nitrogen and oxygen atoms in total. The number of hydrogen-bond donors (Lipinski definition) is 1. The molecule has 0 aromatic heterocycles. The van der Waals surface area contributed by atoms with Crippen LogP contribution in [0.4, 0.5) is 0 Å². The summed E-state index contributed by atoms with van der Waals surface area (Å²) in [5, 5.41) is 10.6. The quantitative estimate of drug-likeness (QED) is 0.712. The van der Waals surface area contributed by atoms with Crippen molar-refractivity contribution in [3.8, 4) is 5.75 Å². The van der Waals surface area contributed by atoms with E-state index in [0.717, 1.165) is 31.7 Å².